The van der Waals surface area contributed by atoms with E-state index in [1.165, 1.54) is 163 Å². The van der Waals surface area contributed by atoms with Crippen LogP contribution in [-0.2, 0) is 12.8 Å². The second kappa shape index (κ2) is 13.6. The Hall–Kier alpha value is -2.94. The zero-order chi connectivity index (χ0) is 29.9. The van der Waals surface area contributed by atoms with E-state index in [1.807, 2.05) is 22.7 Å². The van der Waals surface area contributed by atoms with Crippen LogP contribution in [0.4, 0.5) is 0 Å². The average Bonchev–Trinajstić information content (AvgIpc) is 3.56. The molecule has 0 N–H and O–H groups in total. The van der Waals surface area contributed by atoms with Crippen molar-refractivity contribution in [3.05, 3.63) is 83.9 Å². The van der Waals surface area contributed by atoms with E-state index in [1.54, 1.807) is 0 Å². The van der Waals surface area contributed by atoms with Crippen molar-refractivity contribution < 1.29 is 0 Å². The smallest absolute Gasteiger partial charge is 0.0362 e. The Morgan fingerprint density at radius 2 is 0.750 bits per heavy atom. The van der Waals surface area contributed by atoms with Gasteiger partial charge in [0.15, 0.2) is 0 Å². The average molecular weight is 615 g/mol. The van der Waals surface area contributed by atoms with Crippen LogP contribution in [0.3, 0.4) is 0 Å². The van der Waals surface area contributed by atoms with Crippen LogP contribution in [0.2, 0.25) is 0 Å². The molecule has 226 valence electrons. The van der Waals surface area contributed by atoms with Crippen molar-refractivity contribution >= 4 is 84.6 Å². The lowest BCUT2D eigenvalue weighted by molar-refractivity contribution is 0.607. The van der Waals surface area contributed by atoms with Gasteiger partial charge in [0, 0.05) is 40.3 Å². The maximum atomic E-state index is 2.47. The minimum atomic E-state index is 1.20. The van der Waals surface area contributed by atoms with Crippen LogP contribution in [0, 0.1) is 0 Å². The summed E-state index contributed by atoms with van der Waals surface area (Å²) in [4.78, 5) is 0. The van der Waals surface area contributed by atoms with Gasteiger partial charge in [-0.3, -0.25) is 0 Å². The highest BCUT2D eigenvalue weighted by Gasteiger charge is 2.13. The molecule has 7 rings (SSSR count). The van der Waals surface area contributed by atoms with E-state index >= 15 is 0 Å². The van der Waals surface area contributed by atoms with Gasteiger partial charge in [0.25, 0.3) is 0 Å². The number of benzene rings is 5. The molecule has 0 atom stereocenters. The number of rotatable bonds is 14. The molecule has 0 radical (unpaired) electrons. The van der Waals surface area contributed by atoms with Crippen molar-refractivity contribution in [1.82, 2.24) is 0 Å². The standard InChI is InChI=1S/C42H46S2/c1-3-5-7-9-11-13-15-29-17-19-31-23-35-37-27-42-38(28-41(37)43-39(35)25-33(31)21-29)36-24-32-20-18-30(16-14-12-10-8-6-4-2)22-34(32)26-40(36)44-42/h17-28H,3-16H2,1-2H3. The number of hydrogen-bond acceptors (Lipinski definition) is 2. The molecule has 44 heavy (non-hydrogen) atoms. The van der Waals surface area contributed by atoms with Crippen LogP contribution in [0.5, 0.6) is 0 Å². The summed E-state index contributed by atoms with van der Waals surface area (Å²) in [7, 11) is 0. The molecular weight excluding hydrogens is 569 g/mol. The first-order valence-corrected chi connectivity index (χ1v) is 19.0. The van der Waals surface area contributed by atoms with E-state index < -0.39 is 0 Å². The fraction of sp³-hybridized carbons (Fsp3) is 0.381. The summed E-state index contributed by atoms with van der Waals surface area (Å²) >= 11 is 3.92. The molecule has 2 aromatic heterocycles. The lowest BCUT2D eigenvalue weighted by Gasteiger charge is -2.05. The van der Waals surface area contributed by atoms with Gasteiger partial charge in [-0.25, -0.2) is 0 Å². The molecule has 0 nitrogen and oxygen atoms in total. The van der Waals surface area contributed by atoms with Crippen molar-refractivity contribution in [3.8, 4) is 0 Å². The van der Waals surface area contributed by atoms with E-state index in [0.29, 0.717) is 0 Å². The van der Waals surface area contributed by atoms with Gasteiger partial charge >= 0.3 is 0 Å². The van der Waals surface area contributed by atoms with Crippen molar-refractivity contribution in [2.75, 3.05) is 0 Å². The highest BCUT2D eigenvalue weighted by molar-refractivity contribution is 7.27. The van der Waals surface area contributed by atoms with Crippen molar-refractivity contribution in [2.45, 2.75) is 104 Å². The van der Waals surface area contributed by atoms with Crippen LogP contribution < -0.4 is 0 Å². The number of unbranched alkanes of at least 4 members (excludes halogenated alkanes) is 10. The van der Waals surface area contributed by atoms with E-state index in [2.05, 4.69) is 86.6 Å². The summed E-state index contributed by atoms with van der Waals surface area (Å²) in [5.41, 5.74) is 2.98. The minimum absolute atomic E-state index is 1.20. The Kier molecular flexibility index (Phi) is 9.19. The van der Waals surface area contributed by atoms with Gasteiger partial charge < -0.3 is 0 Å². The fourth-order valence-corrected chi connectivity index (χ4v) is 9.47. The Morgan fingerprint density at radius 1 is 0.364 bits per heavy atom. The van der Waals surface area contributed by atoms with Crippen LogP contribution in [0.25, 0.3) is 61.9 Å². The van der Waals surface area contributed by atoms with Crippen LogP contribution in [0.15, 0.2) is 72.8 Å². The molecule has 0 unspecified atom stereocenters. The third kappa shape index (κ3) is 6.26. The van der Waals surface area contributed by atoms with Gasteiger partial charge in [0.2, 0.25) is 0 Å². The summed E-state index contributed by atoms with van der Waals surface area (Å²) in [6, 6.07) is 29.1. The van der Waals surface area contributed by atoms with Gasteiger partial charge in [-0.15, -0.1) is 22.7 Å². The second-order valence-corrected chi connectivity index (χ2v) is 15.3. The second-order valence-electron chi connectivity index (χ2n) is 13.1. The maximum absolute atomic E-state index is 2.47. The number of hydrogen-bond donors (Lipinski definition) is 0. The monoisotopic (exact) mass is 614 g/mol. The first-order valence-electron chi connectivity index (χ1n) is 17.4. The predicted octanol–water partition coefficient (Wildman–Crippen LogP) is 14.5. The van der Waals surface area contributed by atoms with Crippen LogP contribution >= 0.6 is 22.7 Å². The summed E-state index contributed by atoms with van der Waals surface area (Å²) in [6.07, 6.45) is 18.7. The Labute approximate surface area is 271 Å². The van der Waals surface area contributed by atoms with E-state index in [0.717, 1.165) is 0 Å². The van der Waals surface area contributed by atoms with E-state index in [4.69, 9.17) is 0 Å². The first kappa shape index (κ1) is 29.8. The van der Waals surface area contributed by atoms with Crippen LogP contribution in [-0.4, -0.2) is 0 Å². The molecule has 0 bridgehead atoms. The summed E-state index contributed by atoms with van der Waals surface area (Å²) in [6.45, 7) is 4.58. The van der Waals surface area contributed by atoms with Gasteiger partial charge in [-0.05, 0) is 94.8 Å². The van der Waals surface area contributed by atoms with E-state index in [-0.39, 0.29) is 0 Å². The molecule has 0 aliphatic heterocycles. The van der Waals surface area contributed by atoms with Crippen molar-refractivity contribution in [3.63, 3.8) is 0 Å². The minimum Gasteiger partial charge on any atom is -0.135 e. The molecule has 7 aromatic rings. The van der Waals surface area contributed by atoms with E-state index in [9.17, 15) is 0 Å². The molecule has 0 aliphatic carbocycles. The molecule has 0 spiro atoms. The SMILES string of the molecule is CCCCCCCCc1ccc2cc3c(cc2c1)sc1cc2c(cc13)sc1cc3cc(CCCCCCCC)ccc3cc12. The van der Waals surface area contributed by atoms with Gasteiger partial charge in [-0.2, -0.15) is 0 Å². The molecule has 0 aliphatic rings. The largest absolute Gasteiger partial charge is 0.135 e. The van der Waals surface area contributed by atoms with Crippen molar-refractivity contribution in [2.24, 2.45) is 0 Å². The summed E-state index contributed by atoms with van der Waals surface area (Å²) < 4.78 is 5.64. The topological polar surface area (TPSA) is 0 Å². The fourth-order valence-electron chi connectivity index (χ4n) is 7.16. The van der Waals surface area contributed by atoms with Crippen molar-refractivity contribution in [1.29, 1.82) is 0 Å². The molecule has 2 heterocycles. The predicted molar refractivity (Wildman–Crippen MR) is 201 cm³/mol. The highest BCUT2D eigenvalue weighted by atomic mass is 32.1. The van der Waals surface area contributed by atoms with Gasteiger partial charge in [0.1, 0.15) is 0 Å². The Morgan fingerprint density at radius 3 is 1.20 bits per heavy atom. The maximum Gasteiger partial charge on any atom is 0.0362 e. The zero-order valence-electron chi connectivity index (χ0n) is 26.6. The third-order valence-corrected chi connectivity index (χ3v) is 12.0. The van der Waals surface area contributed by atoms with Gasteiger partial charge in [-0.1, -0.05) is 114 Å². The molecule has 0 fully saturated rings. The zero-order valence-corrected chi connectivity index (χ0v) is 28.3. The summed E-state index contributed by atoms with van der Waals surface area (Å²) in [5, 5.41) is 11.1. The molecular formula is C42H46S2. The summed E-state index contributed by atoms with van der Waals surface area (Å²) in [5.74, 6) is 0. The molecule has 0 amide bonds. The normalized spacial score (nSPS) is 12.2. The quantitative estimate of drug-likeness (QED) is 0.107. The van der Waals surface area contributed by atoms with Gasteiger partial charge in [0.05, 0.1) is 0 Å². The number of aryl methyl sites for hydroxylation is 2. The molecule has 5 aromatic carbocycles. The Balaban J connectivity index is 1.15. The highest BCUT2D eigenvalue weighted by Crippen LogP contribution is 2.43. The number of fused-ring (bicyclic) bond motifs is 8. The van der Waals surface area contributed by atoms with Crippen LogP contribution in [0.1, 0.15) is 102 Å². The lowest BCUT2D eigenvalue weighted by atomic mass is 9.99. The first-order chi connectivity index (χ1) is 21.7. The molecule has 2 heteroatoms. The molecule has 0 saturated carbocycles. The third-order valence-electron chi connectivity index (χ3n) is 9.75. The Bertz CT molecular complexity index is 1900. The lowest BCUT2D eigenvalue weighted by Crippen LogP contribution is -1.87. The number of thiophene rings is 2. The molecule has 0 saturated heterocycles.